The summed E-state index contributed by atoms with van der Waals surface area (Å²) < 4.78 is 5.23. The smallest absolute Gasteiger partial charge is 0.240 e. The molecule has 2 bridgehead atoms. The third-order valence-corrected chi connectivity index (χ3v) is 5.25. The van der Waals surface area contributed by atoms with E-state index in [1.165, 1.54) is 0 Å². The van der Waals surface area contributed by atoms with Crippen LogP contribution in [0.15, 0.2) is 15.4 Å². The topological polar surface area (TPSA) is 75.4 Å². The van der Waals surface area contributed by atoms with Crippen LogP contribution in [0.2, 0.25) is 0 Å². The Morgan fingerprint density at radius 2 is 2.26 bits per heavy atom. The number of amides is 1. The second-order valence-electron chi connectivity index (χ2n) is 6.30. The number of carbonyl (C=O) groups excluding carboxylic acids is 1. The minimum atomic E-state index is 0.0661. The Morgan fingerprint density at radius 1 is 1.35 bits per heavy atom. The maximum Gasteiger partial charge on any atom is 0.240 e. The molecular formula is C15H19N5O2S. The number of piperidine rings is 1. The van der Waals surface area contributed by atoms with E-state index in [0.29, 0.717) is 24.8 Å². The molecule has 0 aliphatic carbocycles. The van der Waals surface area contributed by atoms with E-state index >= 15 is 0 Å². The summed E-state index contributed by atoms with van der Waals surface area (Å²) in [5, 5.41) is 5.86. The van der Waals surface area contributed by atoms with Crippen LogP contribution in [-0.4, -0.2) is 50.0 Å². The minimum Gasteiger partial charge on any atom is -0.338 e. The standard InChI is InChI=1S/C15H19N5O2S/c1-10-17-14(22-18-10)7-19-4-11-2-3-13(6-19)20(15(11)21)5-12-8-23-9-16-12/h8-9,11,13H,2-7H2,1H3/t11-,13+/m0/s1. The number of hydrogen-bond acceptors (Lipinski definition) is 7. The molecule has 2 aromatic heterocycles. The molecule has 2 aromatic rings. The largest absolute Gasteiger partial charge is 0.338 e. The molecule has 3 aliphatic heterocycles. The number of thiazole rings is 1. The van der Waals surface area contributed by atoms with E-state index < -0.39 is 0 Å². The number of nitrogens with zero attached hydrogens (tertiary/aromatic N) is 5. The van der Waals surface area contributed by atoms with Gasteiger partial charge in [0.1, 0.15) is 0 Å². The molecule has 3 saturated heterocycles. The van der Waals surface area contributed by atoms with Crippen LogP contribution in [-0.2, 0) is 17.9 Å². The molecule has 5 heterocycles. The Kier molecular flexibility index (Phi) is 3.86. The van der Waals surface area contributed by atoms with Crippen LogP contribution in [0.5, 0.6) is 0 Å². The molecule has 0 N–H and O–H groups in total. The molecule has 2 atom stereocenters. The van der Waals surface area contributed by atoms with Crippen molar-refractivity contribution in [3.63, 3.8) is 0 Å². The first kappa shape index (κ1) is 14.8. The third kappa shape index (κ3) is 3.00. The Labute approximate surface area is 138 Å². The van der Waals surface area contributed by atoms with Gasteiger partial charge in [0.2, 0.25) is 11.8 Å². The van der Waals surface area contributed by atoms with Gasteiger partial charge in [-0.3, -0.25) is 9.69 Å². The highest BCUT2D eigenvalue weighted by Crippen LogP contribution is 2.30. The highest BCUT2D eigenvalue weighted by molar-refractivity contribution is 7.07. The summed E-state index contributed by atoms with van der Waals surface area (Å²) in [5.41, 5.74) is 2.80. The lowest BCUT2D eigenvalue weighted by atomic mass is 9.94. The third-order valence-electron chi connectivity index (χ3n) is 4.61. The summed E-state index contributed by atoms with van der Waals surface area (Å²) in [7, 11) is 0. The molecule has 0 spiro atoms. The van der Waals surface area contributed by atoms with Gasteiger partial charge in [-0.25, -0.2) is 4.98 Å². The highest BCUT2D eigenvalue weighted by atomic mass is 32.1. The van der Waals surface area contributed by atoms with E-state index in [9.17, 15) is 4.79 Å². The van der Waals surface area contributed by atoms with Crippen molar-refractivity contribution in [2.24, 2.45) is 5.92 Å². The molecule has 5 rings (SSSR count). The van der Waals surface area contributed by atoms with Crippen LogP contribution in [0.3, 0.4) is 0 Å². The van der Waals surface area contributed by atoms with Gasteiger partial charge >= 0.3 is 0 Å². The van der Waals surface area contributed by atoms with Gasteiger partial charge in [-0.2, -0.15) is 4.98 Å². The number of carbonyl (C=O) groups is 1. The lowest BCUT2D eigenvalue weighted by Crippen LogP contribution is -2.47. The molecule has 1 amide bonds. The zero-order valence-electron chi connectivity index (χ0n) is 13.0. The Hall–Kier alpha value is -1.80. The van der Waals surface area contributed by atoms with Crippen molar-refractivity contribution in [2.45, 2.75) is 38.9 Å². The van der Waals surface area contributed by atoms with E-state index in [4.69, 9.17) is 4.52 Å². The Bertz CT molecular complexity index is 686. The van der Waals surface area contributed by atoms with Crippen LogP contribution in [0.4, 0.5) is 0 Å². The first-order valence-electron chi connectivity index (χ1n) is 7.88. The predicted octanol–water partition coefficient (Wildman–Crippen LogP) is 1.46. The van der Waals surface area contributed by atoms with Gasteiger partial charge in [0.25, 0.3) is 0 Å². The average molecular weight is 333 g/mol. The molecule has 0 radical (unpaired) electrons. The van der Waals surface area contributed by atoms with E-state index in [0.717, 1.165) is 31.6 Å². The molecule has 3 fully saturated rings. The molecule has 3 aliphatic rings. The van der Waals surface area contributed by atoms with Gasteiger partial charge in [-0.1, -0.05) is 5.16 Å². The second kappa shape index (κ2) is 6.01. The fourth-order valence-corrected chi connectivity index (χ4v) is 4.10. The SMILES string of the molecule is Cc1noc(CN2C[C@@H]3CC[C@H](C2)N(Cc2cscn2)C3=O)n1. The van der Waals surface area contributed by atoms with Crippen molar-refractivity contribution in [1.82, 2.24) is 24.9 Å². The summed E-state index contributed by atoms with van der Waals surface area (Å²) in [6.45, 7) is 4.68. The summed E-state index contributed by atoms with van der Waals surface area (Å²) in [6.07, 6.45) is 2.02. The molecular weight excluding hydrogens is 314 g/mol. The average Bonchev–Trinajstić information content (AvgIpc) is 3.10. The van der Waals surface area contributed by atoms with Gasteiger partial charge in [0.15, 0.2) is 5.82 Å². The minimum absolute atomic E-state index is 0.0661. The predicted molar refractivity (Wildman–Crippen MR) is 83.5 cm³/mol. The van der Waals surface area contributed by atoms with E-state index in [1.807, 2.05) is 22.7 Å². The molecule has 23 heavy (non-hydrogen) atoms. The second-order valence-corrected chi connectivity index (χ2v) is 7.02. The van der Waals surface area contributed by atoms with Crippen molar-refractivity contribution in [3.05, 3.63) is 28.3 Å². The number of aryl methyl sites for hydroxylation is 1. The van der Waals surface area contributed by atoms with Crippen molar-refractivity contribution in [2.75, 3.05) is 13.1 Å². The van der Waals surface area contributed by atoms with Crippen LogP contribution in [0.1, 0.15) is 30.3 Å². The summed E-state index contributed by atoms with van der Waals surface area (Å²) in [6, 6.07) is 0.243. The lowest BCUT2D eigenvalue weighted by molar-refractivity contribution is -0.140. The fraction of sp³-hybridized carbons (Fsp3) is 0.600. The van der Waals surface area contributed by atoms with E-state index in [1.54, 1.807) is 11.3 Å². The van der Waals surface area contributed by atoms with Gasteiger partial charge in [0, 0.05) is 24.5 Å². The van der Waals surface area contributed by atoms with Gasteiger partial charge in [-0.15, -0.1) is 11.3 Å². The van der Waals surface area contributed by atoms with Crippen LogP contribution in [0, 0.1) is 12.8 Å². The summed E-state index contributed by atoms with van der Waals surface area (Å²) >= 11 is 1.57. The molecule has 8 heteroatoms. The van der Waals surface area contributed by atoms with Crippen molar-refractivity contribution in [1.29, 1.82) is 0 Å². The Morgan fingerprint density at radius 3 is 3.00 bits per heavy atom. The lowest BCUT2D eigenvalue weighted by Gasteiger charge is -2.35. The zero-order chi connectivity index (χ0) is 15.8. The maximum atomic E-state index is 12.8. The Balaban J connectivity index is 1.50. The van der Waals surface area contributed by atoms with Gasteiger partial charge in [0.05, 0.1) is 30.2 Å². The van der Waals surface area contributed by atoms with Crippen molar-refractivity contribution >= 4 is 17.2 Å². The molecule has 0 aromatic carbocycles. The molecule has 122 valence electrons. The van der Waals surface area contributed by atoms with Gasteiger partial charge < -0.3 is 9.42 Å². The zero-order valence-corrected chi connectivity index (χ0v) is 13.8. The normalized spacial score (nSPS) is 25.1. The number of aromatic nitrogens is 3. The quantitative estimate of drug-likeness (QED) is 0.843. The fourth-order valence-electron chi connectivity index (χ4n) is 3.55. The molecule has 7 nitrogen and oxygen atoms in total. The van der Waals surface area contributed by atoms with Gasteiger partial charge in [-0.05, 0) is 19.8 Å². The van der Waals surface area contributed by atoms with Crippen LogP contribution in [0.25, 0.3) is 0 Å². The highest BCUT2D eigenvalue weighted by Gasteiger charge is 2.40. The number of fused-ring (bicyclic) bond motifs is 4. The summed E-state index contributed by atoms with van der Waals surface area (Å²) in [4.78, 5) is 25.7. The maximum absolute atomic E-state index is 12.8. The molecule has 0 unspecified atom stereocenters. The van der Waals surface area contributed by atoms with Crippen molar-refractivity contribution < 1.29 is 9.32 Å². The first-order valence-corrected chi connectivity index (χ1v) is 8.82. The number of rotatable bonds is 4. The van der Waals surface area contributed by atoms with Crippen LogP contribution < -0.4 is 0 Å². The van der Waals surface area contributed by atoms with Crippen molar-refractivity contribution in [3.8, 4) is 0 Å². The van der Waals surface area contributed by atoms with E-state index in [2.05, 4.69) is 20.0 Å². The number of hydrogen-bond donors (Lipinski definition) is 0. The van der Waals surface area contributed by atoms with Crippen LogP contribution >= 0.6 is 11.3 Å². The van der Waals surface area contributed by atoms with E-state index in [-0.39, 0.29) is 17.9 Å². The molecule has 0 saturated carbocycles. The first-order chi connectivity index (χ1) is 11.2. The summed E-state index contributed by atoms with van der Waals surface area (Å²) in [5.74, 6) is 1.61. The monoisotopic (exact) mass is 333 g/mol.